The van der Waals surface area contributed by atoms with Crippen LogP contribution in [-0.4, -0.2) is 42.4 Å². The molecule has 0 fully saturated rings. The van der Waals surface area contributed by atoms with Gasteiger partial charge >= 0.3 is 0 Å². The quantitative estimate of drug-likeness (QED) is 0.689. The fourth-order valence-corrected chi connectivity index (χ4v) is 2.85. The van der Waals surface area contributed by atoms with E-state index in [1.807, 2.05) is 24.1 Å². The second kappa shape index (κ2) is 8.15. The lowest BCUT2D eigenvalue weighted by atomic mass is 10.3. The molecular formula is C14H19ClN2OS. The molecule has 19 heavy (non-hydrogen) atoms. The Balaban J connectivity index is 2.49. The van der Waals surface area contributed by atoms with Crippen LogP contribution in [0.5, 0.6) is 0 Å². The highest BCUT2D eigenvalue weighted by molar-refractivity contribution is 7.16. The number of likely N-dealkylation sites (N-methyl/N-ethyl adjacent to an activating group) is 1. The zero-order valence-corrected chi connectivity index (χ0v) is 12.7. The molecular weight excluding hydrogens is 280 g/mol. The van der Waals surface area contributed by atoms with Gasteiger partial charge in [-0.2, -0.15) is 0 Å². The topological polar surface area (TPSA) is 23.6 Å². The van der Waals surface area contributed by atoms with Crippen molar-refractivity contribution >= 4 is 28.8 Å². The summed E-state index contributed by atoms with van der Waals surface area (Å²) in [6, 6.07) is 3.86. The first-order valence-electron chi connectivity index (χ1n) is 5.99. The maximum Gasteiger partial charge on any atom is 0.237 e. The number of carbonyl (C=O) groups excluding carboxylic acids is 1. The predicted octanol–water partition coefficient (Wildman–Crippen LogP) is 3.03. The molecule has 0 radical (unpaired) electrons. The largest absolute Gasteiger partial charge is 0.334 e. The Kier molecular flexibility index (Phi) is 6.84. The van der Waals surface area contributed by atoms with Crippen molar-refractivity contribution in [2.75, 3.05) is 26.7 Å². The van der Waals surface area contributed by atoms with Crippen molar-refractivity contribution in [3.05, 3.63) is 46.7 Å². The van der Waals surface area contributed by atoms with E-state index in [4.69, 9.17) is 11.6 Å². The van der Waals surface area contributed by atoms with Crippen molar-refractivity contribution in [1.29, 1.82) is 0 Å². The third-order valence-electron chi connectivity index (χ3n) is 2.51. The van der Waals surface area contributed by atoms with Crippen LogP contribution in [0.15, 0.2) is 37.4 Å². The molecule has 0 bridgehead atoms. The number of thiophene rings is 1. The van der Waals surface area contributed by atoms with Crippen molar-refractivity contribution in [2.24, 2.45) is 0 Å². The standard InChI is InChI=1S/C14H19ClN2OS/c1-4-8-17(9-5-2)14(18)11-16(3)10-12-6-7-13(15)19-12/h4-7H,1-2,8-11H2,3H3. The third-order valence-corrected chi connectivity index (χ3v) is 3.73. The minimum atomic E-state index is 0.0740. The van der Waals surface area contributed by atoms with Gasteiger partial charge in [0.15, 0.2) is 0 Å². The van der Waals surface area contributed by atoms with E-state index in [-0.39, 0.29) is 5.91 Å². The number of nitrogens with zero attached hydrogens (tertiary/aromatic N) is 2. The predicted molar refractivity (Wildman–Crippen MR) is 82.6 cm³/mol. The summed E-state index contributed by atoms with van der Waals surface area (Å²) in [7, 11) is 1.92. The lowest BCUT2D eigenvalue weighted by Crippen LogP contribution is -2.38. The fraction of sp³-hybridized carbons (Fsp3) is 0.357. The van der Waals surface area contributed by atoms with Crippen molar-refractivity contribution in [3.8, 4) is 0 Å². The Morgan fingerprint density at radius 3 is 2.47 bits per heavy atom. The van der Waals surface area contributed by atoms with Crippen LogP contribution in [0.2, 0.25) is 4.34 Å². The van der Waals surface area contributed by atoms with E-state index >= 15 is 0 Å². The second-order valence-electron chi connectivity index (χ2n) is 4.25. The van der Waals surface area contributed by atoms with E-state index in [1.54, 1.807) is 17.1 Å². The van der Waals surface area contributed by atoms with Gasteiger partial charge in [-0.3, -0.25) is 9.69 Å². The average Bonchev–Trinajstić information content (AvgIpc) is 2.74. The number of hydrogen-bond acceptors (Lipinski definition) is 3. The first-order valence-corrected chi connectivity index (χ1v) is 7.18. The van der Waals surface area contributed by atoms with Crippen LogP contribution < -0.4 is 0 Å². The molecule has 0 atom stereocenters. The molecule has 1 heterocycles. The minimum absolute atomic E-state index is 0.0740. The van der Waals surface area contributed by atoms with Crippen molar-refractivity contribution in [3.63, 3.8) is 0 Å². The molecule has 0 saturated heterocycles. The highest BCUT2D eigenvalue weighted by Gasteiger charge is 2.13. The number of carbonyl (C=O) groups is 1. The highest BCUT2D eigenvalue weighted by Crippen LogP contribution is 2.22. The molecule has 1 rings (SSSR count). The zero-order chi connectivity index (χ0) is 14.3. The van der Waals surface area contributed by atoms with Crippen molar-refractivity contribution < 1.29 is 4.79 Å². The van der Waals surface area contributed by atoms with Crippen LogP contribution >= 0.6 is 22.9 Å². The second-order valence-corrected chi connectivity index (χ2v) is 6.05. The Morgan fingerprint density at radius 1 is 1.37 bits per heavy atom. The molecule has 5 heteroatoms. The van der Waals surface area contributed by atoms with Gasteiger partial charge in [-0.25, -0.2) is 0 Å². The Labute approximate surface area is 123 Å². The molecule has 1 aromatic rings. The van der Waals surface area contributed by atoms with E-state index in [9.17, 15) is 4.79 Å². The minimum Gasteiger partial charge on any atom is -0.334 e. The maximum atomic E-state index is 12.1. The summed E-state index contributed by atoms with van der Waals surface area (Å²) in [6.45, 7) is 9.50. The molecule has 0 aliphatic rings. The zero-order valence-electron chi connectivity index (χ0n) is 11.1. The van der Waals surface area contributed by atoms with Crippen molar-refractivity contribution in [2.45, 2.75) is 6.54 Å². The van der Waals surface area contributed by atoms with Crippen LogP contribution in [0.3, 0.4) is 0 Å². The van der Waals surface area contributed by atoms with Crippen LogP contribution in [0.25, 0.3) is 0 Å². The summed E-state index contributed by atoms with van der Waals surface area (Å²) in [5.41, 5.74) is 0. The average molecular weight is 299 g/mol. The molecule has 0 unspecified atom stereocenters. The first kappa shape index (κ1) is 16.0. The normalized spacial score (nSPS) is 10.5. The van der Waals surface area contributed by atoms with Crippen LogP contribution in [0.1, 0.15) is 4.88 Å². The first-order chi connectivity index (χ1) is 9.06. The Bertz CT molecular complexity index is 434. The van der Waals surface area contributed by atoms with Gasteiger partial charge < -0.3 is 4.90 Å². The van der Waals surface area contributed by atoms with Crippen molar-refractivity contribution in [1.82, 2.24) is 9.80 Å². The maximum absolute atomic E-state index is 12.1. The van der Waals surface area contributed by atoms with E-state index in [0.717, 1.165) is 15.8 Å². The van der Waals surface area contributed by atoms with Crippen LogP contribution in [-0.2, 0) is 11.3 Å². The molecule has 104 valence electrons. The number of rotatable bonds is 8. The van der Waals surface area contributed by atoms with Gasteiger partial charge in [0.05, 0.1) is 10.9 Å². The monoisotopic (exact) mass is 298 g/mol. The SMILES string of the molecule is C=CCN(CC=C)C(=O)CN(C)Cc1ccc(Cl)s1. The van der Waals surface area contributed by atoms with Crippen LogP contribution in [0.4, 0.5) is 0 Å². The summed E-state index contributed by atoms with van der Waals surface area (Å²) in [6.07, 6.45) is 3.45. The van der Waals surface area contributed by atoms with Gasteiger partial charge in [-0.05, 0) is 19.2 Å². The molecule has 3 nitrogen and oxygen atoms in total. The van der Waals surface area contributed by atoms with Gasteiger partial charge in [0.1, 0.15) is 0 Å². The number of hydrogen-bond donors (Lipinski definition) is 0. The highest BCUT2D eigenvalue weighted by atomic mass is 35.5. The third kappa shape index (κ3) is 5.59. The van der Waals surface area contributed by atoms with Gasteiger partial charge in [0.25, 0.3) is 0 Å². The van der Waals surface area contributed by atoms with Gasteiger partial charge in [-0.15, -0.1) is 24.5 Å². The van der Waals surface area contributed by atoms with E-state index in [0.29, 0.717) is 19.6 Å². The molecule has 0 saturated carbocycles. The van der Waals surface area contributed by atoms with Crippen LogP contribution in [0, 0.1) is 0 Å². The van der Waals surface area contributed by atoms with Gasteiger partial charge in [0.2, 0.25) is 5.91 Å². The molecule has 1 aromatic heterocycles. The fourth-order valence-electron chi connectivity index (χ4n) is 1.68. The molecule has 1 amide bonds. The summed E-state index contributed by atoms with van der Waals surface area (Å²) >= 11 is 7.42. The molecule has 0 aliphatic carbocycles. The van der Waals surface area contributed by atoms with E-state index in [1.165, 1.54) is 11.3 Å². The summed E-state index contributed by atoms with van der Waals surface area (Å²) < 4.78 is 0.773. The summed E-state index contributed by atoms with van der Waals surface area (Å²) in [5, 5.41) is 0. The molecule has 0 aliphatic heterocycles. The smallest absolute Gasteiger partial charge is 0.237 e. The van der Waals surface area contributed by atoms with Gasteiger partial charge in [-0.1, -0.05) is 23.8 Å². The lowest BCUT2D eigenvalue weighted by Gasteiger charge is -2.23. The molecule has 0 spiro atoms. The Hall–Kier alpha value is -1.10. The number of halogens is 1. The summed E-state index contributed by atoms with van der Waals surface area (Å²) in [4.78, 5) is 16.9. The Morgan fingerprint density at radius 2 is 2.00 bits per heavy atom. The van der Waals surface area contributed by atoms with E-state index < -0.39 is 0 Å². The van der Waals surface area contributed by atoms with E-state index in [2.05, 4.69) is 13.2 Å². The summed E-state index contributed by atoms with van der Waals surface area (Å²) in [5.74, 6) is 0.0740. The molecule has 0 N–H and O–H groups in total. The number of amides is 1. The van der Waals surface area contributed by atoms with Gasteiger partial charge in [0, 0.05) is 24.5 Å². The lowest BCUT2D eigenvalue weighted by molar-refractivity contribution is -0.131. The molecule has 0 aromatic carbocycles.